The van der Waals surface area contributed by atoms with Crippen molar-refractivity contribution in [3.63, 3.8) is 0 Å². The predicted octanol–water partition coefficient (Wildman–Crippen LogP) is 4.52. The number of benzene rings is 1. The van der Waals surface area contributed by atoms with Crippen LogP contribution < -0.4 is 10.1 Å². The molecule has 0 radical (unpaired) electrons. The number of halogens is 4. The standard InChI is InChI=1S/C15H19ClF3NO/c1-2-3-13(10-6-7-20-9-10)21-14-5-4-11(16)8-12(14)15(17,18)19/h4-5,8,10,13,20H,2-3,6-7,9H2,1H3/t10-,13+/m1/s1. The summed E-state index contributed by atoms with van der Waals surface area (Å²) in [5.74, 6) is 0.124. The van der Waals surface area contributed by atoms with Gasteiger partial charge in [-0.1, -0.05) is 24.9 Å². The van der Waals surface area contributed by atoms with Crippen molar-refractivity contribution < 1.29 is 17.9 Å². The molecule has 1 aliphatic heterocycles. The van der Waals surface area contributed by atoms with Gasteiger partial charge in [0.25, 0.3) is 0 Å². The molecule has 21 heavy (non-hydrogen) atoms. The molecular formula is C15H19ClF3NO. The summed E-state index contributed by atoms with van der Waals surface area (Å²) in [5.41, 5.74) is -0.804. The average molecular weight is 322 g/mol. The number of nitrogens with one attached hydrogen (secondary N) is 1. The maximum atomic E-state index is 13.1. The van der Waals surface area contributed by atoms with E-state index in [0.29, 0.717) is 0 Å². The van der Waals surface area contributed by atoms with Crippen molar-refractivity contribution >= 4 is 11.6 Å². The Labute approximate surface area is 127 Å². The van der Waals surface area contributed by atoms with Gasteiger partial charge in [-0.3, -0.25) is 0 Å². The Morgan fingerprint density at radius 1 is 1.43 bits per heavy atom. The molecular weight excluding hydrogens is 303 g/mol. The molecule has 1 heterocycles. The Balaban J connectivity index is 2.23. The van der Waals surface area contributed by atoms with Crippen molar-refractivity contribution in [1.82, 2.24) is 5.32 Å². The first kappa shape index (κ1) is 16.4. The SMILES string of the molecule is CCC[C@H](Oc1ccc(Cl)cc1C(F)(F)F)[C@@H]1CCNC1. The van der Waals surface area contributed by atoms with E-state index in [-0.39, 0.29) is 22.8 Å². The van der Waals surface area contributed by atoms with Gasteiger partial charge >= 0.3 is 6.18 Å². The minimum Gasteiger partial charge on any atom is -0.489 e. The van der Waals surface area contributed by atoms with Crippen LogP contribution in [0.1, 0.15) is 31.7 Å². The van der Waals surface area contributed by atoms with Crippen LogP contribution in [0.4, 0.5) is 13.2 Å². The third-order valence-corrected chi connectivity index (χ3v) is 3.96. The van der Waals surface area contributed by atoms with E-state index in [4.69, 9.17) is 16.3 Å². The molecule has 1 N–H and O–H groups in total. The summed E-state index contributed by atoms with van der Waals surface area (Å²) in [7, 11) is 0. The Hall–Kier alpha value is -0.940. The van der Waals surface area contributed by atoms with E-state index in [0.717, 1.165) is 38.4 Å². The van der Waals surface area contributed by atoms with Gasteiger partial charge in [0.15, 0.2) is 0 Å². The summed E-state index contributed by atoms with van der Waals surface area (Å²) < 4.78 is 45.0. The van der Waals surface area contributed by atoms with Crippen LogP contribution in [-0.4, -0.2) is 19.2 Å². The molecule has 6 heteroatoms. The number of rotatable bonds is 5. The number of ether oxygens (including phenoxy) is 1. The molecule has 1 aromatic carbocycles. The van der Waals surface area contributed by atoms with Crippen LogP contribution in [0.5, 0.6) is 5.75 Å². The fraction of sp³-hybridized carbons (Fsp3) is 0.600. The fourth-order valence-corrected chi connectivity index (χ4v) is 2.83. The zero-order chi connectivity index (χ0) is 15.5. The van der Waals surface area contributed by atoms with E-state index < -0.39 is 11.7 Å². The van der Waals surface area contributed by atoms with Gasteiger partial charge in [0.2, 0.25) is 0 Å². The molecule has 1 aliphatic rings. The zero-order valence-electron chi connectivity index (χ0n) is 11.8. The highest BCUT2D eigenvalue weighted by atomic mass is 35.5. The van der Waals surface area contributed by atoms with Gasteiger partial charge in [-0.25, -0.2) is 0 Å². The minimum atomic E-state index is -4.47. The Morgan fingerprint density at radius 2 is 2.19 bits per heavy atom. The first-order valence-corrected chi connectivity index (χ1v) is 7.53. The lowest BCUT2D eigenvalue weighted by Gasteiger charge is -2.26. The molecule has 0 spiro atoms. The molecule has 0 amide bonds. The number of hydrogen-bond donors (Lipinski definition) is 1. The van der Waals surface area contributed by atoms with Crippen LogP contribution in [0.2, 0.25) is 5.02 Å². The first-order valence-electron chi connectivity index (χ1n) is 7.16. The maximum Gasteiger partial charge on any atom is 0.420 e. The maximum absolute atomic E-state index is 13.1. The van der Waals surface area contributed by atoms with E-state index in [1.54, 1.807) is 0 Å². The zero-order valence-corrected chi connectivity index (χ0v) is 12.6. The highest BCUT2D eigenvalue weighted by Crippen LogP contribution is 2.39. The van der Waals surface area contributed by atoms with Gasteiger partial charge in [-0.05, 0) is 37.6 Å². The van der Waals surface area contributed by atoms with E-state index in [9.17, 15) is 13.2 Å². The molecule has 0 aromatic heterocycles. The summed E-state index contributed by atoms with van der Waals surface area (Å²) in [6.07, 6.45) is -2.13. The summed E-state index contributed by atoms with van der Waals surface area (Å²) in [6.45, 7) is 3.69. The minimum absolute atomic E-state index is 0.0595. The topological polar surface area (TPSA) is 21.3 Å². The summed E-state index contributed by atoms with van der Waals surface area (Å²) in [5, 5.41) is 3.29. The first-order chi connectivity index (χ1) is 9.91. The largest absolute Gasteiger partial charge is 0.489 e. The second kappa shape index (κ2) is 6.88. The van der Waals surface area contributed by atoms with Crippen LogP contribution in [-0.2, 0) is 6.18 Å². The summed E-state index contributed by atoms with van der Waals surface area (Å²) in [6, 6.07) is 3.67. The average Bonchev–Trinajstić information content (AvgIpc) is 2.93. The highest BCUT2D eigenvalue weighted by Gasteiger charge is 2.36. The molecule has 1 aromatic rings. The second-order valence-corrected chi connectivity index (χ2v) is 5.77. The Bertz CT molecular complexity index is 472. The number of hydrogen-bond acceptors (Lipinski definition) is 2. The van der Waals surface area contributed by atoms with Gasteiger partial charge < -0.3 is 10.1 Å². The lowest BCUT2D eigenvalue weighted by molar-refractivity contribution is -0.139. The quantitative estimate of drug-likeness (QED) is 0.861. The van der Waals surface area contributed by atoms with Crippen LogP contribution in [0.3, 0.4) is 0 Å². The molecule has 1 saturated heterocycles. The van der Waals surface area contributed by atoms with Crippen molar-refractivity contribution in [2.75, 3.05) is 13.1 Å². The highest BCUT2D eigenvalue weighted by molar-refractivity contribution is 6.30. The molecule has 0 saturated carbocycles. The van der Waals surface area contributed by atoms with Crippen molar-refractivity contribution in [3.8, 4) is 5.75 Å². The van der Waals surface area contributed by atoms with Crippen molar-refractivity contribution in [3.05, 3.63) is 28.8 Å². The molecule has 1 fully saturated rings. The lowest BCUT2D eigenvalue weighted by Crippen LogP contribution is -2.29. The van der Waals surface area contributed by atoms with E-state index >= 15 is 0 Å². The molecule has 0 bridgehead atoms. The Morgan fingerprint density at radius 3 is 2.76 bits per heavy atom. The van der Waals surface area contributed by atoms with Crippen LogP contribution >= 0.6 is 11.6 Å². The van der Waals surface area contributed by atoms with Gasteiger partial charge in [0.05, 0.1) is 5.56 Å². The predicted molar refractivity (Wildman–Crippen MR) is 76.8 cm³/mol. The molecule has 2 atom stereocenters. The third-order valence-electron chi connectivity index (χ3n) is 3.72. The Kier molecular flexibility index (Phi) is 5.38. The fourth-order valence-electron chi connectivity index (χ4n) is 2.66. The van der Waals surface area contributed by atoms with E-state index in [2.05, 4.69) is 5.32 Å². The summed E-state index contributed by atoms with van der Waals surface area (Å²) >= 11 is 5.68. The van der Waals surface area contributed by atoms with Crippen molar-refractivity contribution in [2.24, 2.45) is 5.92 Å². The molecule has 2 rings (SSSR count). The van der Waals surface area contributed by atoms with Crippen molar-refractivity contribution in [2.45, 2.75) is 38.5 Å². The smallest absolute Gasteiger partial charge is 0.420 e. The van der Waals surface area contributed by atoms with Crippen LogP contribution in [0, 0.1) is 5.92 Å². The molecule has 0 unspecified atom stereocenters. The molecule has 2 nitrogen and oxygen atoms in total. The van der Waals surface area contributed by atoms with Gasteiger partial charge in [0, 0.05) is 17.5 Å². The van der Waals surface area contributed by atoms with Gasteiger partial charge in [-0.15, -0.1) is 0 Å². The van der Waals surface area contributed by atoms with E-state index in [1.807, 2.05) is 6.92 Å². The second-order valence-electron chi connectivity index (χ2n) is 5.34. The molecule has 0 aliphatic carbocycles. The molecule has 118 valence electrons. The van der Waals surface area contributed by atoms with Crippen LogP contribution in [0.25, 0.3) is 0 Å². The normalized spacial score (nSPS) is 20.5. The summed E-state index contributed by atoms with van der Waals surface area (Å²) in [4.78, 5) is 0. The van der Waals surface area contributed by atoms with E-state index in [1.165, 1.54) is 12.1 Å². The lowest BCUT2D eigenvalue weighted by atomic mass is 9.97. The monoisotopic (exact) mass is 321 g/mol. The van der Waals surface area contributed by atoms with Crippen molar-refractivity contribution in [1.29, 1.82) is 0 Å². The van der Waals surface area contributed by atoms with Crippen LogP contribution in [0.15, 0.2) is 18.2 Å². The number of alkyl halides is 3. The van der Waals surface area contributed by atoms with Gasteiger partial charge in [0.1, 0.15) is 11.9 Å². The van der Waals surface area contributed by atoms with Gasteiger partial charge in [-0.2, -0.15) is 13.2 Å². The third kappa shape index (κ3) is 4.27.